The van der Waals surface area contributed by atoms with Crippen LogP contribution in [0.15, 0.2) is 29.4 Å². The maximum atomic E-state index is 12.8. The van der Waals surface area contributed by atoms with Crippen LogP contribution in [0.1, 0.15) is 25.7 Å². The molecule has 0 saturated heterocycles. The summed E-state index contributed by atoms with van der Waals surface area (Å²) in [5.41, 5.74) is 0.573. The minimum atomic E-state index is -0.331. The summed E-state index contributed by atoms with van der Waals surface area (Å²) in [4.78, 5) is 11.9. The number of rotatable bonds is 5. The molecule has 1 amide bonds. The SMILES string of the molecule is Cc1nnc(SCC(=O)Nc2ccc(F)cc2)n1C(C)C. The first-order chi connectivity index (χ1) is 9.97. The lowest BCUT2D eigenvalue weighted by Crippen LogP contribution is -2.15. The van der Waals surface area contributed by atoms with Crippen molar-refractivity contribution in [2.24, 2.45) is 0 Å². The quantitative estimate of drug-likeness (QED) is 0.863. The summed E-state index contributed by atoms with van der Waals surface area (Å²) in [6, 6.07) is 5.91. The molecule has 1 aromatic heterocycles. The minimum Gasteiger partial charge on any atom is -0.325 e. The van der Waals surface area contributed by atoms with Crippen LogP contribution in [0.2, 0.25) is 0 Å². The first-order valence-electron chi connectivity index (χ1n) is 6.57. The fourth-order valence-corrected chi connectivity index (χ4v) is 2.82. The highest BCUT2D eigenvalue weighted by molar-refractivity contribution is 7.99. The fraction of sp³-hybridized carbons (Fsp3) is 0.357. The Balaban J connectivity index is 1.94. The standard InChI is InChI=1S/C14H17FN4OS/c1-9(2)19-10(3)17-18-14(19)21-8-13(20)16-12-6-4-11(15)5-7-12/h4-7,9H,8H2,1-3H3,(H,16,20). The molecule has 112 valence electrons. The molecular weight excluding hydrogens is 291 g/mol. The first-order valence-corrected chi connectivity index (χ1v) is 7.55. The van der Waals surface area contributed by atoms with Crippen molar-refractivity contribution in [2.45, 2.75) is 32.0 Å². The van der Waals surface area contributed by atoms with Gasteiger partial charge in [0.15, 0.2) is 5.16 Å². The van der Waals surface area contributed by atoms with Gasteiger partial charge in [-0.1, -0.05) is 11.8 Å². The number of thioether (sulfide) groups is 1. The molecule has 0 aliphatic rings. The zero-order valence-corrected chi connectivity index (χ0v) is 12.9. The maximum absolute atomic E-state index is 12.8. The van der Waals surface area contributed by atoms with Gasteiger partial charge in [-0.25, -0.2) is 4.39 Å². The minimum absolute atomic E-state index is 0.164. The molecule has 0 aliphatic heterocycles. The molecule has 1 N–H and O–H groups in total. The summed E-state index contributed by atoms with van der Waals surface area (Å²) in [7, 11) is 0. The van der Waals surface area contributed by atoms with Crippen LogP contribution in [-0.2, 0) is 4.79 Å². The van der Waals surface area contributed by atoms with Gasteiger partial charge in [0.25, 0.3) is 0 Å². The van der Waals surface area contributed by atoms with Gasteiger partial charge in [0, 0.05) is 11.7 Å². The number of halogens is 1. The molecule has 0 atom stereocenters. The predicted octanol–water partition coefficient (Wildman–Crippen LogP) is 3.04. The third-order valence-electron chi connectivity index (χ3n) is 2.81. The van der Waals surface area contributed by atoms with E-state index in [-0.39, 0.29) is 23.5 Å². The number of nitrogens with one attached hydrogen (secondary N) is 1. The molecule has 7 heteroatoms. The number of aromatic nitrogens is 3. The number of hydrogen-bond donors (Lipinski definition) is 1. The van der Waals surface area contributed by atoms with Crippen molar-refractivity contribution in [1.82, 2.24) is 14.8 Å². The largest absolute Gasteiger partial charge is 0.325 e. The molecule has 1 heterocycles. The summed E-state index contributed by atoms with van der Waals surface area (Å²) >= 11 is 1.33. The van der Waals surface area contributed by atoms with Crippen molar-refractivity contribution in [3.8, 4) is 0 Å². The maximum Gasteiger partial charge on any atom is 0.234 e. The van der Waals surface area contributed by atoms with Crippen LogP contribution in [0.4, 0.5) is 10.1 Å². The second-order valence-corrected chi connectivity index (χ2v) is 5.78. The predicted molar refractivity (Wildman–Crippen MR) is 80.9 cm³/mol. The van der Waals surface area contributed by atoms with Crippen molar-refractivity contribution < 1.29 is 9.18 Å². The van der Waals surface area contributed by atoms with Gasteiger partial charge in [-0.05, 0) is 45.0 Å². The van der Waals surface area contributed by atoms with Crippen LogP contribution < -0.4 is 5.32 Å². The molecule has 2 aromatic rings. The van der Waals surface area contributed by atoms with Gasteiger partial charge in [0.1, 0.15) is 11.6 Å². The van der Waals surface area contributed by atoms with Crippen molar-refractivity contribution in [3.63, 3.8) is 0 Å². The number of amides is 1. The van der Waals surface area contributed by atoms with Crippen molar-refractivity contribution in [2.75, 3.05) is 11.1 Å². The highest BCUT2D eigenvalue weighted by Crippen LogP contribution is 2.21. The molecule has 0 bridgehead atoms. The summed E-state index contributed by atoms with van der Waals surface area (Å²) < 4.78 is 14.8. The van der Waals surface area contributed by atoms with Crippen LogP contribution in [0, 0.1) is 12.7 Å². The van der Waals surface area contributed by atoms with Crippen LogP contribution in [0.3, 0.4) is 0 Å². The number of hydrogen-bond acceptors (Lipinski definition) is 4. The molecule has 0 radical (unpaired) electrons. The third kappa shape index (κ3) is 4.04. The highest BCUT2D eigenvalue weighted by atomic mass is 32.2. The number of nitrogens with zero attached hydrogens (tertiary/aromatic N) is 3. The summed E-state index contributed by atoms with van der Waals surface area (Å²) in [6.45, 7) is 5.97. The zero-order chi connectivity index (χ0) is 15.4. The van der Waals surface area contributed by atoms with E-state index in [0.29, 0.717) is 5.69 Å². The van der Waals surface area contributed by atoms with Gasteiger partial charge >= 0.3 is 0 Å². The van der Waals surface area contributed by atoms with Crippen molar-refractivity contribution >= 4 is 23.4 Å². The van der Waals surface area contributed by atoms with Gasteiger partial charge in [-0.2, -0.15) is 0 Å². The zero-order valence-electron chi connectivity index (χ0n) is 12.1. The van der Waals surface area contributed by atoms with E-state index in [9.17, 15) is 9.18 Å². The number of carbonyl (C=O) groups is 1. The molecule has 0 unspecified atom stereocenters. The van der Waals surface area contributed by atoms with E-state index in [1.54, 1.807) is 0 Å². The average molecular weight is 308 g/mol. The number of benzene rings is 1. The average Bonchev–Trinajstić information content (AvgIpc) is 2.80. The topological polar surface area (TPSA) is 59.8 Å². The Bertz CT molecular complexity index is 624. The number of carbonyl (C=O) groups excluding carboxylic acids is 1. The normalized spacial score (nSPS) is 10.9. The van der Waals surface area contributed by atoms with E-state index in [4.69, 9.17) is 0 Å². The number of aryl methyl sites for hydroxylation is 1. The fourth-order valence-electron chi connectivity index (χ4n) is 1.90. The second-order valence-electron chi connectivity index (χ2n) is 4.84. The third-order valence-corrected chi connectivity index (χ3v) is 3.75. The molecule has 1 aromatic carbocycles. The van der Waals surface area contributed by atoms with E-state index in [2.05, 4.69) is 15.5 Å². The molecule has 0 fully saturated rings. The van der Waals surface area contributed by atoms with Gasteiger partial charge < -0.3 is 9.88 Å². The second kappa shape index (κ2) is 6.71. The number of anilines is 1. The van der Waals surface area contributed by atoms with E-state index in [0.717, 1.165) is 11.0 Å². The van der Waals surface area contributed by atoms with Gasteiger partial charge in [0.05, 0.1) is 5.75 Å². The van der Waals surface area contributed by atoms with E-state index in [1.165, 1.54) is 36.0 Å². The van der Waals surface area contributed by atoms with E-state index >= 15 is 0 Å². The lowest BCUT2D eigenvalue weighted by molar-refractivity contribution is -0.113. The summed E-state index contributed by atoms with van der Waals surface area (Å²) in [6.07, 6.45) is 0. The van der Waals surface area contributed by atoms with Crippen LogP contribution in [-0.4, -0.2) is 26.4 Å². The molecule has 21 heavy (non-hydrogen) atoms. The molecule has 0 saturated carbocycles. The molecule has 2 rings (SSSR count). The Morgan fingerprint density at radius 1 is 1.33 bits per heavy atom. The molecule has 5 nitrogen and oxygen atoms in total. The van der Waals surface area contributed by atoms with Gasteiger partial charge in [-0.3, -0.25) is 4.79 Å². The van der Waals surface area contributed by atoms with Crippen LogP contribution in [0.25, 0.3) is 0 Å². The van der Waals surface area contributed by atoms with Gasteiger partial charge in [0.2, 0.25) is 5.91 Å². The monoisotopic (exact) mass is 308 g/mol. The summed E-state index contributed by atoms with van der Waals surface area (Å²) in [5.74, 6) is 0.555. The lowest BCUT2D eigenvalue weighted by atomic mass is 10.3. The van der Waals surface area contributed by atoms with Gasteiger partial charge in [-0.15, -0.1) is 10.2 Å². The first kappa shape index (κ1) is 15.5. The molecule has 0 aliphatic carbocycles. The summed E-state index contributed by atoms with van der Waals surface area (Å²) in [5, 5.41) is 11.5. The van der Waals surface area contributed by atoms with Crippen molar-refractivity contribution in [1.29, 1.82) is 0 Å². The lowest BCUT2D eigenvalue weighted by Gasteiger charge is -2.11. The van der Waals surface area contributed by atoms with E-state index in [1.807, 2.05) is 25.3 Å². The van der Waals surface area contributed by atoms with Crippen LogP contribution in [0.5, 0.6) is 0 Å². The Labute approximate surface area is 127 Å². The molecule has 0 spiro atoms. The van der Waals surface area contributed by atoms with E-state index < -0.39 is 0 Å². The molecular formula is C14H17FN4OS. The van der Waals surface area contributed by atoms with Crippen molar-refractivity contribution in [3.05, 3.63) is 35.9 Å². The Hall–Kier alpha value is -1.89. The highest BCUT2D eigenvalue weighted by Gasteiger charge is 2.13. The van der Waals surface area contributed by atoms with Crippen LogP contribution >= 0.6 is 11.8 Å². The Morgan fingerprint density at radius 3 is 2.62 bits per heavy atom. The Kier molecular flexibility index (Phi) is 4.95. The Morgan fingerprint density at radius 2 is 2.00 bits per heavy atom. The smallest absolute Gasteiger partial charge is 0.234 e.